The van der Waals surface area contributed by atoms with E-state index in [1.807, 2.05) is 19.1 Å². The standard InChI is InChI=1S/C19H28N2O3S/c1-15-5-4-6-19(13-15)25(22,23)20(2)16-7-8-17(14-16)21-11-9-18(24-3)10-12-21/h4-8,13,16-18H,9-12,14H2,1-3H3/t16-,17+/m0/s1. The molecule has 2 atom stereocenters. The van der Waals surface area contributed by atoms with Gasteiger partial charge >= 0.3 is 0 Å². The van der Waals surface area contributed by atoms with Crippen molar-refractivity contribution in [2.45, 2.75) is 49.3 Å². The minimum atomic E-state index is -3.47. The molecule has 1 saturated heterocycles. The third kappa shape index (κ3) is 3.97. The fraction of sp³-hybridized carbons (Fsp3) is 0.579. The molecule has 0 saturated carbocycles. The highest BCUT2D eigenvalue weighted by atomic mass is 32.2. The number of hydrogen-bond acceptors (Lipinski definition) is 4. The van der Waals surface area contributed by atoms with Crippen LogP contribution >= 0.6 is 0 Å². The lowest BCUT2D eigenvalue weighted by atomic mass is 10.0. The number of likely N-dealkylation sites (N-methyl/N-ethyl adjacent to an activating group) is 1. The van der Waals surface area contributed by atoms with E-state index in [2.05, 4.69) is 11.0 Å². The van der Waals surface area contributed by atoms with Crippen molar-refractivity contribution in [3.05, 3.63) is 42.0 Å². The van der Waals surface area contributed by atoms with Crippen LogP contribution in [0.4, 0.5) is 0 Å². The Kier molecular flexibility index (Phi) is 5.63. The van der Waals surface area contributed by atoms with E-state index >= 15 is 0 Å². The third-order valence-corrected chi connectivity index (χ3v) is 7.33. The van der Waals surface area contributed by atoms with Gasteiger partial charge in [-0.25, -0.2) is 8.42 Å². The van der Waals surface area contributed by atoms with E-state index in [0.717, 1.165) is 37.9 Å². The van der Waals surface area contributed by atoms with Crippen LogP contribution in [0.5, 0.6) is 0 Å². The molecule has 5 nitrogen and oxygen atoms in total. The number of sulfonamides is 1. The molecule has 0 bridgehead atoms. The van der Waals surface area contributed by atoms with E-state index in [1.54, 1.807) is 32.4 Å². The van der Waals surface area contributed by atoms with Crippen molar-refractivity contribution in [3.8, 4) is 0 Å². The van der Waals surface area contributed by atoms with Crippen molar-refractivity contribution >= 4 is 10.0 Å². The topological polar surface area (TPSA) is 49.9 Å². The first-order valence-corrected chi connectivity index (χ1v) is 10.4. The number of piperidine rings is 1. The van der Waals surface area contributed by atoms with Gasteiger partial charge in [0.15, 0.2) is 0 Å². The summed E-state index contributed by atoms with van der Waals surface area (Å²) < 4.78 is 32.7. The van der Waals surface area contributed by atoms with Gasteiger partial charge < -0.3 is 4.74 Å². The Hall–Kier alpha value is -1.21. The van der Waals surface area contributed by atoms with Crippen LogP contribution in [0.15, 0.2) is 41.3 Å². The monoisotopic (exact) mass is 364 g/mol. The molecule has 3 rings (SSSR count). The van der Waals surface area contributed by atoms with E-state index in [0.29, 0.717) is 17.0 Å². The zero-order valence-electron chi connectivity index (χ0n) is 15.3. The van der Waals surface area contributed by atoms with Crippen LogP contribution in [0, 0.1) is 6.92 Å². The minimum Gasteiger partial charge on any atom is -0.381 e. The predicted molar refractivity (Wildman–Crippen MR) is 99.1 cm³/mol. The lowest BCUT2D eigenvalue weighted by Crippen LogP contribution is -2.43. The fourth-order valence-electron chi connectivity index (χ4n) is 3.76. The largest absolute Gasteiger partial charge is 0.381 e. The first-order chi connectivity index (χ1) is 11.9. The van der Waals surface area contributed by atoms with Crippen LogP contribution in [0.2, 0.25) is 0 Å². The van der Waals surface area contributed by atoms with Crippen molar-refractivity contribution in [2.24, 2.45) is 0 Å². The van der Waals surface area contributed by atoms with Crippen molar-refractivity contribution in [1.82, 2.24) is 9.21 Å². The summed E-state index contributed by atoms with van der Waals surface area (Å²) in [4.78, 5) is 2.81. The molecule has 1 aromatic carbocycles. The molecule has 0 spiro atoms. The number of methoxy groups -OCH3 is 1. The molecule has 0 aromatic heterocycles. The first kappa shape index (κ1) is 18.6. The van der Waals surface area contributed by atoms with Crippen LogP contribution in [0.25, 0.3) is 0 Å². The second-order valence-corrected chi connectivity index (χ2v) is 9.06. The molecule has 0 radical (unpaired) electrons. The predicted octanol–water partition coefficient (Wildman–Crippen LogP) is 2.42. The van der Waals surface area contributed by atoms with Crippen molar-refractivity contribution in [1.29, 1.82) is 0 Å². The summed E-state index contributed by atoms with van der Waals surface area (Å²) >= 11 is 0. The number of ether oxygens (including phenoxy) is 1. The molecular formula is C19H28N2O3S. The highest BCUT2D eigenvalue weighted by molar-refractivity contribution is 7.89. The quantitative estimate of drug-likeness (QED) is 0.753. The van der Waals surface area contributed by atoms with E-state index < -0.39 is 10.0 Å². The van der Waals surface area contributed by atoms with Crippen molar-refractivity contribution in [3.63, 3.8) is 0 Å². The lowest BCUT2D eigenvalue weighted by molar-refractivity contribution is 0.0324. The van der Waals surface area contributed by atoms with Gasteiger partial charge in [0.25, 0.3) is 0 Å². The maximum Gasteiger partial charge on any atom is 0.243 e. The highest BCUT2D eigenvalue weighted by Crippen LogP contribution is 2.27. The van der Waals surface area contributed by atoms with Crippen LogP contribution in [-0.2, 0) is 14.8 Å². The molecule has 6 heteroatoms. The number of aryl methyl sites for hydroxylation is 1. The normalized spacial score (nSPS) is 25.8. The molecule has 25 heavy (non-hydrogen) atoms. The van der Waals surface area contributed by atoms with Gasteiger partial charge in [0.2, 0.25) is 10.0 Å². The smallest absolute Gasteiger partial charge is 0.243 e. The summed E-state index contributed by atoms with van der Waals surface area (Å²) in [5, 5.41) is 0. The second kappa shape index (κ2) is 7.58. The Morgan fingerprint density at radius 3 is 2.56 bits per heavy atom. The molecule has 1 heterocycles. The van der Waals surface area contributed by atoms with Crippen molar-refractivity contribution in [2.75, 3.05) is 27.2 Å². The number of rotatable bonds is 5. The van der Waals surface area contributed by atoms with E-state index in [1.165, 1.54) is 4.31 Å². The van der Waals surface area contributed by atoms with E-state index in [-0.39, 0.29) is 6.04 Å². The number of likely N-dealkylation sites (tertiary alicyclic amines) is 1. The zero-order valence-corrected chi connectivity index (χ0v) is 16.1. The molecule has 0 amide bonds. The average molecular weight is 365 g/mol. The average Bonchev–Trinajstić information content (AvgIpc) is 3.11. The Balaban J connectivity index is 1.65. The van der Waals surface area contributed by atoms with Gasteiger partial charge in [0, 0.05) is 39.3 Å². The van der Waals surface area contributed by atoms with E-state index in [4.69, 9.17) is 4.74 Å². The maximum absolute atomic E-state index is 12.9. The summed E-state index contributed by atoms with van der Waals surface area (Å²) in [6, 6.07) is 7.34. The Morgan fingerprint density at radius 2 is 1.92 bits per heavy atom. The van der Waals surface area contributed by atoms with Gasteiger partial charge in [0.1, 0.15) is 0 Å². The third-order valence-electron chi connectivity index (χ3n) is 5.45. The zero-order chi connectivity index (χ0) is 18.0. The van der Waals surface area contributed by atoms with Gasteiger partial charge in [0.05, 0.1) is 11.0 Å². The molecule has 1 aromatic rings. The molecule has 2 aliphatic rings. The van der Waals surface area contributed by atoms with Crippen molar-refractivity contribution < 1.29 is 13.2 Å². The molecule has 1 aliphatic heterocycles. The van der Waals surface area contributed by atoms with Gasteiger partial charge in [-0.3, -0.25) is 4.90 Å². The van der Waals surface area contributed by atoms with Gasteiger partial charge in [-0.15, -0.1) is 0 Å². The Labute approximate surface area is 151 Å². The fourth-order valence-corrected chi connectivity index (χ4v) is 5.20. The minimum absolute atomic E-state index is 0.0874. The molecule has 0 unspecified atom stereocenters. The van der Waals surface area contributed by atoms with Crippen LogP contribution < -0.4 is 0 Å². The molecule has 1 aliphatic carbocycles. The number of nitrogens with zero attached hydrogens (tertiary/aromatic N) is 2. The molecular weight excluding hydrogens is 336 g/mol. The number of benzene rings is 1. The van der Waals surface area contributed by atoms with Gasteiger partial charge in [-0.05, 0) is 43.9 Å². The molecule has 0 N–H and O–H groups in total. The molecule has 138 valence electrons. The summed E-state index contributed by atoms with van der Waals surface area (Å²) in [7, 11) is -0.00676. The number of hydrogen-bond donors (Lipinski definition) is 0. The Bertz CT molecular complexity index is 724. The van der Waals surface area contributed by atoms with Crippen LogP contribution in [-0.4, -0.2) is 63.1 Å². The maximum atomic E-state index is 12.9. The Morgan fingerprint density at radius 1 is 1.20 bits per heavy atom. The van der Waals surface area contributed by atoms with Gasteiger partial charge in [-0.1, -0.05) is 24.3 Å². The first-order valence-electron chi connectivity index (χ1n) is 8.91. The summed E-state index contributed by atoms with van der Waals surface area (Å²) in [5.41, 5.74) is 0.954. The second-order valence-electron chi connectivity index (χ2n) is 7.06. The molecule has 1 fully saturated rings. The van der Waals surface area contributed by atoms with Crippen LogP contribution in [0.3, 0.4) is 0 Å². The summed E-state index contributed by atoms with van der Waals surface area (Å²) in [5.74, 6) is 0. The highest BCUT2D eigenvalue weighted by Gasteiger charge is 2.34. The SMILES string of the molecule is COC1CCN([C@@H]2C=C[C@H](N(C)S(=O)(=O)c3cccc(C)c3)C2)CC1. The summed E-state index contributed by atoms with van der Waals surface area (Å²) in [6.07, 6.45) is 7.48. The summed E-state index contributed by atoms with van der Waals surface area (Å²) in [6.45, 7) is 3.93. The van der Waals surface area contributed by atoms with Gasteiger partial charge in [-0.2, -0.15) is 4.31 Å². The van der Waals surface area contributed by atoms with Crippen LogP contribution in [0.1, 0.15) is 24.8 Å². The van der Waals surface area contributed by atoms with E-state index in [9.17, 15) is 8.42 Å². The lowest BCUT2D eigenvalue weighted by Gasteiger charge is -2.35.